The van der Waals surface area contributed by atoms with Crippen LogP contribution in [0.1, 0.15) is 0 Å². The Bertz CT molecular complexity index is 759. The van der Waals surface area contributed by atoms with E-state index in [1.165, 1.54) is 4.68 Å². The van der Waals surface area contributed by atoms with E-state index in [1.807, 2.05) is 12.1 Å². The summed E-state index contributed by atoms with van der Waals surface area (Å²) in [6, 6.07) is 3.65. The molecule has 3 rings (SSSR count). The topological polar surface area (TPSA) is 111 Å². The lowest BCUT2D eigenvalue weighted by Gasteiger charge is -1.97. The Kier molecular flexibility index (Phi) is 2.41. The number of nitrogen functional groups attached to an aromatic ring is 1. The number of aliphatic carboxylic acids is 1. The monoisotopic (exact) mass is 258 g/mol. The molecule has 0 unspecified atom stereocenters. The number of fused-ring (bicyclic) bond motifs is 1. The number of nitrogens with two attached hydrogens (primary N) is 1. The second-order valence-corrected chi connectivity index (χ2v) is 4.01. The summed E-state index contributed by atoms with van der Waals surface area (Å²) in [6.45, 7) is -0.167. The van der Waals surface area contributed by atoms with E-state index in [-0.39, 0.29) is 12.5 Å². The van der Waals surface area contributed by atoms with E-state index in [2.05, 4.69) is 15.2 Å². The number of nitrogens with zero attached hydrogens (tertiary/aromatic N) is 5. The third-order valence-electron chi connectivity index (χ3n) is 2.62. The molecule has 0 aromatic carbocycles. The van der Waals surface area contributed by atoms with Crippen LogP contribution >= 0.6 is 0 Å². The van der Waals surface area contributed by atoms with E-state index in [0.29, 0.717) is 5.65 Å². The molecular formula is C11H10N6O2. The highest BCUT2D eigenvalue weighted by Crippen LogP contribution is 2.19. The van der Waals surface area contributed by atoms with Gasteiger partial charge in [0.05, 0.1) is 6.20 Å². The lowest BCUT2D eigenvalue weighted by Crippen LogP contribution is -2.08. The second-order valence-electron chi connectivity index (χ2n) is 4.01. The van der Waals surface area contributed by atoms with Crippen LogP contribution in [-0.4, -0.2) is 35.5 Å². The molecule has 3 aromatic heterocycles. The third kappa shape index (κ3) is 2.10. The smallest absolute Gasteiger partial charge is 0.325 e. The van der Waals surface area contributed by atoms with Gasteiger partial charge < -0.3 is 10.8 Å². The molecule has 0 aliphatic rings. The molecule has 0 atom stereocenters. The molecule has 0 spiro atoms. The minimum absolute atomic E-state index is 0.167. The minimum atomic E-state index is -0.935. The molecule has 8 nitrogen and oxygen atoms in total. The highest BCUT2D eigenvalue weighted by Gasteiger charge is 2.07. The van der Waals surface area contributed by atoms with Gasteiger partial charge in [0.15, 0.2) is 5.65 Å². The zero-order chi connectivity index (χ0) is 13.4. The maximum absolute atomic E-state index is 10.6. The first-order chi connectivity index (χ1) is 9.11. The van der Waals surface area contributed by atoms with Crippen LogP contribution < -0.4 is 5.73 Å². The summed E-state index contributed by atoms with van der Waals surface area (Å²) in [5.74, 6) is -0.728. The summed E-state index contributed by atoms with van der Waals surface area (Å²) >= 11 is 0. The lowest BCUT2D eigenvalue weighted by molar-refractivity contribution is -0.137. The molecular weight excluding hydrogens is 248 g/mol. The first-order valence-electron chi connectivity index (χ1n) is 5.48. The number of carboxylic acids is 1. The van der Waals surface area contributed by atoms with E-state index in [4.69, 9.17) is 10.8 Å². The Balaban J connectivity index is 1.98. The zero-order valence-electron chi connectivity index (χ0n) is 9.76. The van der Waals surface area contributed by atoms with Gasteiger partial charge in [0, 0.05) is 18.0 Å². The first-order valence-corrected chi connectivity index (χ1v) is 5.48. The normalized spacial score (nSPS) is 10.9. The quantitative estimate of drug-likeness (QED) is 0.697. The number of anilines is 1. The van der Waals surface area contributed by atoms with Crippen LogP contribution in [0.5, 0.6) is 0 Å². The molecule has 0 radical (unpaired) electrons. The van der Waals surface area contributed by atoms with Crippen LogP contribution in [0.4, 0.5) is 5.95 Å². The molecule has 0 aliphatic heterocycles. The Morgan fingerprint density at radius 2 is 2.26 bits per heavy atom. The van der Waals surface area contributed by atoms with Gasteiger partial charge in [-0.2, -0.15) is 10.1 Å². The Morgan fingerprint density at radius 1 is 1.42 bits per heavy atom. The number of rotatable bonds is 3. The number of carbonyl (C=O) groups is 1. The average molecular weight is 258 g/mol. The van der Waals surface area contributed by atoms with Crippen molar-refractivity contribution in [2.24, 2.45) is 0 Å². The van der Waals surface area contributed by atoms with Crippen LogP contribution in [0.25, 0.3) is 16.8 Å². The fraction of sp³-hybridized carbons (Fsp3) is 0.0909. The molecule has 0 amide bonds. The number of aromatic nitrogens is 5. The molecule has 3 heterocycles. The number of hydrogen-bond acceptors (Lipinski definition) is 5. The van der Waals surface area contributed by atoms with Gasteiger partial charge in [-0.3, -0.25) is 9.48 Å². The predicted octanol–water partition coefficient (Wildman–Crippen LogP) is 0.260. The van der Waals surface area contributed by atoms with Gasteiger partial charge in [-0.1, -0.05) is 0 Å². The van der Waals surface area contributed by atoms with Crippen molar-refractivity contribution < 1.29 is 9.90 Å². The van der Waals surface area contributed by atoms with Crippen LogP contribution in [0, 0.1) is 0 Å². The Labute approximate surface area is 107 Å². The van der Waals surface area contributed by atoms with E-state index < -0.39 is 5.97 Å². The molecule has 0 fully saturated rings. The van der Waals surface area contributed by atoms with E-state index in [1.54, 1.807) is 23.1 Å². The highest BCUT2D eigenvalue weighted by atomic mass is 16.4. The second kappa shape index (κ2) is 4.09. The molecule has 8 heteroatoms. The molecule has 0 bridgehead atoms. The van der Waals surface area contributed by atoms with Gasteiger partial charge in [-0.05, 0) is 17.7 Å². The largest absolute Gasteiger partial charge is 0.480 e. The van der Waals surface area contributed by atoms with Crippen molar-refractivity contribution in [2.45, 2.75) is 6.54 Å². The predicted molar refractivity (Wildman–Crippen MR) is 66.3 cm³/mol. The van der Waals surface area contributed by atoms with Crippen molar-refractivity contribution in [2.75, 3.05) is 5.73 Å². The van der Waals surface area contributed by atoms with Crippen LogP contribution in [0.2, 0.25) is 0 Å². The van der Waals surface area contributed by atoms with E-state index in [9.17, 15) is 4.79 Å². The summed E-state index contributed by atoms with van der Waals surface area (Å²) in [5.41, 5.74) is 7.82. The van der Waals surface area contributed by atoms with Crippen molar-refractivity contribution in [3.63, 3.8) is 0 Å². The summed E-state index contributed by atoms with van der Waals surface area (Å²) in [6.07, 6.45) is 5.01. The molecule has 19 heavy (non-hydrogen) atoms. The van der Waals surface area contributed by atoms with Crippen LogP contribution in [-0.2, 0) is 11.3 Å². The van der Waals surface area contributed by atoms with Gasteiger partial charge in [-0.25, -0.2) is 4.52 Å². The Hall–Kier alpha value is -2.90. The first kappa shape index (κ1) is 11.2. The standard InChI is InChI=1S/C11H10N6O2/c12-11-14-9-3-7(1-2-17(9)15-11)8-4-13-16(5-8)6-10(18)19/h1-5H,6H2,(H2,12,15)(H,18,19). The van der Waals surface area contributed by atoms with Crippen molar-refractivity contribution >= 4 is 17.6 Å². The lowest BCUT2D eigenvalue weighted by atomic mass is 10.1. The van der Waals surface area contributed by atoms with Gasteiger partial charge in [0.2, 0.25) is 5.95 Å². The fourth-order valence-electron chi connectivity index (χ4n) is 1.82. The van der Waals surface area contributed by atoms with Crippen molar-refractivity contribution in [3.8, 4) is 11.1 Å². The van der Waals surface area contributed by atoms with Crippen LogP contribution in [0.15, 0.2) is 30.7 Å². The van der Waals surface area contributed by atoms with Crippen molar-refractivity contribution in [1.82, 2.24) is 24.4 Å². The molecule has 0 saturated carbocycles. The number of pyridine rings is 1. The van der Waals surface area contributed by atoms with Gasteiger partial charge >= 0.3 is 5.97 Å². The molecule has 3 N–H and O–H groups in total. The summed E-state index contributed by atoms with van der Waals surface area (Å²) in [7, 11) is 0. The molecule has 3 aromatic rings. The summed E-state index contributed by atoms with van der Waals surface area (Å²) < 4.78 is 2.93. The minimum Gasteiger partial charge on any atom is -0.480 e. The Morgan fingerprint density at radius 3 is 3.05 bits per heavy atom. The van der Waals surface area contributed by atoms with Crippen molar-refractivity contribution in [3.05, 3.63) is 30.7 Å². The molecule has 0 saturated heterocycles. The van der Waals surface area contributed by atoms with Gasteiger partial charge in [-0.15, -0.1) is 5.10 Å². The van der Waals surface area contributed by atoms with E-state index >= 15 is 0 Å². The van der Waals surface area contributed by atoms with Crippen molar-refractivity contribution in [1.29, 1.82) is 0 Å². The fourth-order valence-corrected chi connectivity index (χ4v) is 1.82. The van der Waals surface area contributed by atoms with Gasteiger partial charge in [0.25, 0.3) is 0 Å². The van der Waals surface area contributed by atoms with E-state index in [0.717, 1.165) is 11.1 Å². The summed E-state index contributed by atoms with van der Waals surface area (Å²) in [5, 5.41) is 16.7. The van der Waals surface area contributed by atoms with Gasteiger partial charge in [0.1, 0.15) is 6.54 Å². The third-order valence-corrected chi connectivity index (χ3v) is 2.62. The van der Waals surface area contributed by atoms with Crippen LogP contribution in [0.3, 0.4) is 0 Å². The highest BCUT2D eigenvalue weighted by molar-refractivity contribution is 5.68. The molecule has 96 valence electrons. The SMILES string of the molecule is Nc1nc2cc(-c3cnn(CC(=O)O)c3)ccn2n1. The zero-order valence-corrected chi connectivity index (χ0v) is 9.76. The summed E-state index contributed by atoms with van der Waals surface area (Å²) in [4.78, 5) is 14.7. The number of carboxylic acid groups (broad SMARTS) is 1. The average Bonchev–Trinajstić information content (AvgIpc) is 2.92. The maximum atomic E-state index is 10.6. The maximum Gasteiger partial charge on any atom is 0.325 e. The number of hydrogen-bond donors (Lipinski definition) is 2. The molecule has 0 aliphatic carbocycles.